The van der Waals surface area contributed by atoms with Gasteiger partial charge in [0.1, 0.15) is 0 Å². The van der Waals surface area contributed by atoms with Crippen LogP contribution in [-0.4, -0.2) is 47.9 Å². The van der Waals surface area contributed by atoms with Gasteiger partial charge in [-0.2, -0.15) is 0 Å². The molecule has 2 fully saturated rings. The van der Waals surface area contributed by atoms with E-state index in [0.29, 0.717) is 42.8 Å². The Morgan fingerprint density at radius 2 is 1.65 bits per heavy atom. The molecule has 142 valence electrons. The fourth-order valence-electron chi connectivity index (χ4n) is 3.69. The predicted molar refractivity (Wildman–Crippen MR) is 103 cm³/mol. The van der Waals surface area contributed by atoms with Crippen LogP contribution in [0.5, 0.6) is 0 Å². The fraction of sp³-hybridized carbons (Fsp3) is 0.579. The van der Waals surface area contributed by atoms with Crippen molar-refractivity contribution in [3.63, 3.8) is 0 Å². The Morgan fingerprint density at radius 3 is 2.31 bits per heavy atom. The van der Waals surface area contributed by atoms with Gasteiger partial charge in [0.25, 0.3) is 0 Å². The lowest BCUT2D eigenvalue weighted by atomic mass is 9.88. The van der Waals surface area contributed by atoms with Crippen LogP contribution in [0.1, 0.15) is 37.7 Å². The summed E-state index contributed by atoms with van der Waals surface area (Å²) in [5.74, 6) is 0.467. The number of nitrogens with zero attached hydrogens (tertiary/aromatic N) is 2. The van der Waals surface area contributed by atoms with E-state index in [4.69, 9.17) is 23.2 Å². The van der Waals surface area contributed by atoms with Gasteiger partial charge in [0, 0.05) is 48.7 Å². The topological polar surface area (TPSA) is 52.7 Å². The summed E-state index contributed by atoms with van der Waals surface area (Å²) in [7, 11) is 0. The summed E-state index contributed by atoms with van der Waals surface area (Å²) >= 11 is 12.0. The lowest BCUT2D eigenvalue weighted by Gasteiger charge is -2.37. The van der Waals surface area contributed by atoms with E-state index in [1.54, 1.807) is 17.0 Å². The zero-order valence-corrected chi connectivity index (χ0v) is 16.4. The third-order valence-electron chi connectivity index (χ3n) is 5.28. The van der Waals surface area contributed by atoms with E-state index in [1.807, 2.05) is 11.0 Å². The number of halogens is 2. The maximum absolute atomic E-state index is 12.6. The molecule has 1 saturated heterocycles. The number of urea groups is 1. The predicted octanol–water partition coefficient (Wildman–Crippen LogP) is 3.93. The molecule has 1 aromatic rings. The van der Waals surface area contributed by atoms with Crippen LogP contribution in [-0.2, 0) is 11.3 Å². The summed E-state index contributed by atoms with van der Waals surface area (Å²) in [6.07, 6.45) is 5.59. The number of carbonyl (C=O) groups excluding carboxylic acids is 2. The van der Waals surface area contributed by atoms with Crippen molar-refractivity contribution in [1.82, 2.24) is 15.1 Å². The number of carbonyl (C=O) groups is 2. The van der Waals surface area contributed by atoms with Crippen molar-refractivity contribution in [1.29, 1.82) is 0 Å². The number of hydrogen-bond acceptors (Lipinski definition) is 2. The third kappa shape index (κ3) is 4.83. The second kappa shape index (κ2) is 8.96. The van der Waals surface area contributed by atoms with E-state index in [9.17, 15) is 9.59 Å². The van der Waals surface area contributed by atoms with Crippen molar-refractivity contribution >= 4 is 35.1 Å². The molecular formula is C19H25Cl2N3O2. The molecule has 1 aromatic carbocycles. The zero-order chi connectivity index (χ0) is 18.5. The molecule has 2 aliphatic rings. The highest BCUT2D eigenvalue weighted by Crippen LogP contribution is 2.26. The second-order valence-corrected chi connectivity index (χ2v) is 7.89. The first-order chi connectivity index (χ1) is 12.5. The van der Waals surface area contributed by atoms with Gasteiger partial charge in [-0.3, -0.25) is 4.79 Å². The summed E-state index contributed by atoms with van der Waals surface area (Å²) in [6, 6.07) is 5.11. The Bertz CT molecular complexity index is 654. The average Bonchev–Trinajstić information content (AvgIpc) is 2.67. The smallest absolute Gasteiger partial charge is 0.317 e. The Balaban J connectivity index is 1.45. The second-order valence-electron chi connectivity index (χ2n) is 7.04. The third-order valence-corrected chi connectivity index (χ3v) is 5.87. The quantitative estimate of drug-likeness (QED) is 0.839. The van der Waals surface area contributed by atoms with Gasteiger partial charge in [0.2, 0.25) is 5.91 Å². The maximum Gasteiger partial charge on any atom is 0.317 e. The fourth-order valence-corrected chi connectivity index (χ4v) is 4.16. The van der Waals surface area contributed by atoms with Gasteiger partial charge >= 0.3 is 6.03 Å². The Morgan fingerprint density at radius 1 is 1.00 bits per heavy atom. The van der Waals surface area contributed by atoms with Crippen LogP contribution in [0.2, 0.25) is 10.0 Å². The summed E-state index contributed by atoms with van der Waals surface area (Å²) < 4.78 is 0. The van der Waals surface area contributed by atoms with Gasteiger partial charge in [0.15, 0.2) is 0 Å². The molecule has 0 unspecified atom stereocenters. The Hall–Kier alpha value is -1.46. The van der Waals surface area contributed by atoms with E-state index >= 15 is 0 Å². The van der Waals surface area contributed by atoms with Crippen molar-refractivity contribution in [2.24, 2.45) is 5.92 Å². The lowest BCUT2D eigenvalue weighted by Crippen LogP contribution is -2.54. The van der Waals surface area contributed by atoms with Crippen molar-refractivity contribution < 1.29 is 9.59 Å². The molecule has 0 bridgehead atoms. The van der Waals surface area contributed by atoms with Crippen LogP contribution in [0.4, 0.5) is 4.79 Å². The SMILES string of the molecule is O=C(NCc1ccc(Cl)cc1Cl)N1CCN(C(=O)C2CCCCC2)CC1. The summed E-state index contributed by atoms with van der Waals surface area (Å²) in [6.45, 7) is 2.72. The molecule has 3 amide bonds. The van der Waals surface area contributed by atoms with Crippen LogP contribution in [0.3, 0.4) is 0 Å². The average molecular weight is 398 g/mol. The number of rotatable bonds is 3. The molecule has 5 nitrogen and oxygen atoms in total. The van der Waals surface area contributed by atoms with E-state index in [1.165, 1.54) is 6.42 Å². The van der Waals surface area contributed by atoms with Crippen molar-refractivity contribution in [2.75, 3.05) is 26.2 Å². The minimum Gasteiger partial charge on any atom is -0.339 e. The van der Waals surface area contributed by atoms with E-state index in [0.717, 1.165) is 31.2 Å². The molecule has 0 atom stereocenters. The molecule has 26 heavy (non-hydrogen) atoms. The number of benzene rings is 1. The molecule has 1 aliphatic heterocycles. The highest BCUT2D eigenvalue weighted by molar-refractivity contribution is 6.35. The van der Waals surface area contributed by atoms with Crippen LogP contribution >= 0.6 is 23.2 Å². The molecule has 0 radical (unpaired) electrons. The van der Waals surface area contributed by atoms with Gasteiger partial charge < -0.3 is 15.1 Å². The van der Waals surface area contributed by atoms with Crippen LogP contribution in [0.25, 0.3) is 0 Å². The first kappa shape index (κ1) is 19.3. The molecule has 3 rings (SSSR count). The minimum atomic E-state index is -0.124. The highest BCUT2D eigenvalue weighted by atomic mass is 35.5. The van der Waals surface area contributed by atoms with Gasteiger partial charge in [-0.15, -0.1) is 0 Å². The molecule has 1 saturated carbocycles. The van der Waals surface area contributed by atoms with E-state index < -0.39 is 0 Å². The highest BCUT2D eigenvalue weighted by Gasteiger charge is 2.29. The van der Waals surface area contributed by atoms with Crippen molar-refractivity contribution in [3.05, 3.63) is 33.8 Å². The molecule has 1 heterocycles. The molecule has 1 N–H and O–H groups in total. The maximum atomic E-state index is 12.6. The number of piperazine rings is 1. The molecule has 7 heteroatoms. The summed E-state index contributed by atoms with van der Waals surface area (Å²) in [5, 5.41) is 4.01. The van der Waals surface area contributed by atoms with Crippen molar-refractivity contribution in [3.8, 4) is 0 Å². The monoisotopic (exact) mass is 397 g/mol. The van der Waals surface area contributed by atoms with Crippen molar-refractivity contribution in [2.45, 2.75) is 38.6 Å². The Kier molecular flexibility index (Phi) is 6.65. The number of amides is 3. The normalized spacial score (nSPS) is 18.7. The summed E-state index contributed by atoms with van der Waals surface area (Å²) in [5.41, 5.74) is 0.829. The first-order valence-electron chi connectivity index (χ1n) is 9.30. The molecule has 0 aromatic heterocycles. The van der Waals surface area contributed by atoms with Gasteiger partial charge in [-0.25, -0.2) is 4.79 Å². The number of hydrogen-bond donors (Lipinski definition) is 1. The van der Waals surface area contributed by atoms with Crippen LogP contribution in [0, 0.1) is 5.92 Å². The Labute approximate surface area is 164 Å². The van der Waals surface area contributed by atoms with E-state index in [-0.39, 0.29) is 17.9 Å². The minimum absolute atomic E-state index is 0.124. The molecule has 0 spiro atoms. The molecular weight excluding hydrogens is 373 g/mol. The summed E-state index contributed by atoms with van der Waals surface area (Å²) in [4.78, 5) is 28.6. The zero-order valence-electron chi connectivity index (χ0n) is 14.8. The van der Waals surface area contributed by atoms with Crippen LogP contribution < -0.4 is 5.32 Å². The van der Waals surface area contributed by atoms with Gasteiger partial charge in [-0.1, -0.05) is 48.5 Å². The van der Waals surface area contributed by atoms with Crippen LogP contribution in [0.15, 0.2) is 18.2 Å². The van der Waals surface area contributed by atoms with Gasteiger partial charge in [-0.05, 0) is 30.5 Å². The standard InChI is InChI=1S/C19H25Cl2N3O2/c20-16-7-6-15(17(21)12-16)13-22-19(26)24-10-8-23(9-11-24)18(25)14-4-2-1-3-5-14/h6-7,12,14H,1-5,8-11,13H2,(H,22,26). The van der Waals surface area contributed by atoms with E-state index in [2.05, 4.69) is 5.32 Å². The molecule has 1 aliphatic carbocycles. The van der Waals surface area contributed by atoms with Gasteiger partial charge in [0.05, 0.1) is 0 Å². The number of nitrogens with one attached hydrogen (secondary N) is 1. The first-order valence-corrected chi connectivity index (χ1v) is 10.1. The largest absolute Gasteiger partial charge is 0.339 e. The lowest BCUT2D eigenvalue weighted by molar-refractivity contribution is -0.138.